The highest BCUT2D eigenvalue weighted by Crippen LogP contribution is 2.29. The number of carbonyl (C=O) groups excluding carboxylic acids is 1. The van der Waals surface area contributed by atoms with Crippen LogP contribution in [0.4, 0.5) is 4.79 Å². The smallest absolute Gasteiger partial charge is 0.317 e. The van der Waals surface area contributed by atoms with Gasteiger partial charge in [0.2, 0.25) is 0 Å². The number of aliphatic hydroxyl groups excluding tert-OH is 1. The van der Waals surface area contributed by atoms with Crippen molar-refractivity contribution < 1.29 is 19.4 Å². The van der Waals surface area contributed by atoms with E-state index in [1.54, 1.807) is 0 Å². The molecule has 22 heavy (non-hydrogen) atoms. The van der Waals surface area contributed by atoms with Gasteiger partial charge in [0.25, 0.3) is 0 Å². The number of urea groups is 1. The van der Waals surface area contributed by atoms with Gasteiger partial charge < -0.3 is 24.8 Å². The molecule has 0 radical (unpaired) electrons. The lowest BCUT2D eigenvalue weighted by Crippen LogP contribution is -2.51. The lowest BCUT2D eigenvalue weighted by atomic mass is 9.89. The van der Waals surface area contributed by atoms with E-state index in [1.807, 2.05) is 11.8 Å². The van der Waals surface area contributed by atoms with Gasteiger partial charge in [-0.05, 0) is 26.2 Å². The topological polar surface area (TPSA) is 71.0 Å². The molecule has 2 fully saturated rings. The molecule has 0 aromatic carbocycles. The molecule has 2 rings (SSSR count). The number of aliphatic hydroxyl groups is 1. The monoisotopic (exact) mass is 312 g/mol. The summed E-state index contributed by atoms with van der Waals surface area (Å²) in [6.45, 7) is 9.05. The van der Waals surface area contributed by atoms with Crippen LogP contribution in [-0.4, -0.2) is 67.7 Å². The van der Waals surface area contributed by atoms with Gasteiger partial charge in [-0.3, -0.25) is 0 Å². The normalized spacial score (nSPS) is 28.6. The molecule has 0 aromatic rings. The van der Waals surface area contributed by atoms with E-state index in [-0.39, 0.29) is 24.1 Å². The maximum atomic E-state index is 12.3. The summed E-state index contributed by atoms with van der Waals surface area (Å²) in [5.41, 5.74) is 0.970. The Balaban J connectivity index is 1.77. The van der Waals surface area contributed by atoms with Crippen molar-refractivity contribution in [1.29, 1.82) is 0 Å². The number of ether oxygens (including phenoxy) is 2. The first kappa shape index (κ1) is 17.2. The predicted molar refractivity (Wildman–Crippen MR) is 83.7 cm³/mol. The maximum Gasteiger partial charge on any atom is 0.317 e. The van der Waals surface area contributed by atoms with Crippen LogP contribution in [0.1, 0.15) is 26.2 Å². The largest absolute Gasteiger partial charge is 0.393 e. The Morgan fingerprint density at radius 3 is 3.05 bits per heavy atom. The second-order valence-corrected chi connectivity index (χ2v) is 6.24. The van der Waals surface area contributed by atoms with Gasteiger partial charge in [0.15, 0.2) is 0 Å². The van der Waals surface area contributed by atoms with Crippen molar-refractivity contribution in [2.24, 2.45) is 5.92 Å². The van der Waals surface area contributed by atoms with Crippen molar-refractivity contribution in [2.45, 2.75) is 38.3 Å². The van der Waals surface area contributed by atoms with E-state index in [2.05, 4.69) is 11.9 Å². The molecule has 2 amide bonds. The fourth-order valence-corrected chi connectivity index (χ4v) is 3.18. The first-order valence-corrected chi connectivity index (χ1v) is 8.12. The summed E-state index contributed by atoms with van der Waals surface area (Å²) in [6.07, 6.45) is 2.20. The van der Waals surface area contributed by atoms with Gasteiger partial charge in [-0.25, -0.2) is 4.79 Å². The van der Waals surface area contributed by atoms with Crippen molar-refractivity contribution in [3.8, 4) is 0 Å². The number of hydrogen-bond acceptors (Lipinski definition) is 4. The van der Waals surface area contributed by atoms with Crippen molar-refractivity contribution in [1.82, 2.24) is 10.2 Å². The molecule has 2 aliphatic rings. The molecule has 6 heteroatoms. The van der Waals surface area contributed by atoms with Crippen molar-refractivity contribution in [3.63, 3.8) is 0 Å². The van der Waals surface area contributed by atoms with Crippen LogP contribution in [-0.2, 0) is 9.47 Å². The molecule has 0 spiro atoms. The van der Waals surface area contributed by atoms with E-state index >= 15 is 0 Å². The molecule has 0 unspecified atom stereocenters. The van der Waals surface area contributed by atoms with Crippen LogP contribution in [0, 0.1) is 5.92 Å². The van der Waals surface area contributed by atoms with Gasteiger partial charge in [-0.2, -0.15) is 0 Å². The van der Waals surface area contributed by atoms with Crippen LogP contribution >= 0.6 is 0 Å². The van der Waals surface area contributed by atoms with Crippen LogP contribution in [0.25, 0.3) is 0 Å². The second-order valence-electron chi connectivity index (χ2n) is 6.24. The van der Waals surface area contributed by atoms with Crippen molar-refractivity contribution in [3.05, 3.63) is 12.2 Å². The summed E-state index contributed by atoms with van der Waals surface area (Å²) in [6, 6.07) is 0.00540. The summed E-state index contributed by atoms with van der Waals surface area (Å²) in [5.74, 6) is 0.0293. The zero-order chi connectivity index (χ0) is 15.9. The first-order valence-electron chi connectivity index (χ1n) is 8.12. The van der Waals surface area contributed by atoms with Crippen molar-refractivity contribution in [2.75, 3.05) is 39.5 Å². The number of amides is 2. The molecule has 0 saturated carbocycles. The predicted octanol–water partition coefficient (Wildman–Crippen LogP) is 1.15. The summed E-state index contributed by atoms with van der Waals surface area (Å²) >= 11 is 0. The standard InChI is InChI=1S/C16H28N2O4/c1-12(2)10-22-9-6-17-16(20)18-7-3-4-14(18)13-11-21-8-5-15(13)19/h13-15,19H,1,3-11H2,2H3,(H,17,20)/t13-,14+,15-/m0/s1. The number of nitrogens with zero attached hydrogens (tertiary/aromatic N) is 1. The van der Waals surface area contributed by atoms with Gasteiger partial charge in [0.1, 0.15) is 0 Å². The third-order valence-corrected chi connectivity index (χ3v) is 4.29. The Morgan fingerprint density at radius 2 is 2.32 bits per heavy atom. The van der Waals surface area contributed by atoms with Crippen LogP contribution < -0.4 is 5.32 Å². The Bertz CT molecular complexity index is 388. The number of rotatable bonds is 6. The number of carbonyl (C=O) groups is 1. The number of nitrogens with one attached hydrogen (secondary N) is 1. The SMILES string of the molecule is C=C(C)COCCNC(=O)N1CCC[C@@H]1[C@@H]1COCC[C@@H]1O. The van der Waals surface area contributed by atoms with Crippen LogP contribution in [0.5, 0.6) is 0 Å². The quantitative estimate of drug-likeness (QED) is 0.570. The van der Waals surface area contributed by atoms with E-state index in [9.17, 15) is 9.90 Å². The highest BCUT2D eigenvalue weighted by molar-refractivity contribution is 5.74. The summed E-state index contributed by atoms with van der Waals surface area (Å²) in [5, 5.41) is 13.1. The molecule has 2 aliphatic heterocycles. The van der Waals surface area contributed by atoms with Gasteiger partial charge in [-0.15, -0.1) is 0 Å². The van der Waals surface area contributed by atoms with Gasteiger partial charge >= 0.3 is 6.03 Å². The average Bonchev–Trinajstić information content (AvgIpc) is 2.96. The summed E-state index contributed by atoms with van der Waals surface area (Å²) in [4.78, 5) is 14.2. The van der Waals surface area contributed by atoms with Crippen LogP contribution in [0.15, 0.2) is 12.2 Å². The van der Waals surface area contributed by atoms with E-state index in [1.165, 1.54) is 0 Å². The fraction of sp³-hybridized carbons (Fsp3) is 0.812. The second kappa shape index (κ2) is 8.50. The first-order chi connectivity index (χ1) is 10.6. The van der Waals surface area contributed by atoms with Crippen LogP contribution in [0.3, 0.4) is 0 Å². The Morgan fingerprint density at radius 1 is 1.50 bits per heavy atom. The minimum Gasteiger partial charge on any atom is -0.393 e. The third-order valence-electron chi connectivity index (χ3n) is 4.29. The van der Waals surface area contributed by atoms with E-state index in [0.29, 0.717) is 39.4 Å². The van der Waals surface area contributed by atoms with Crippen LogP contribution in [0.2, 0.25) is 0 Å². The van der Waals surface area contributed by atoms with Gasteiger partial charge in [0.05, 0.1) is 25.9 Å². The average molecular weight is 312 g/mol. The number of hydrogen-bond donors (Lipinski definition) is 2. The molecule has 2 N–H and O–H groups in total. The lowest BCUT2D eigenvalue weighted by molar-refractivity contribution is -0.0576. The molecule has 126 valence electrons. The Labute approximate surface area is 132 Å². The zero-order valence-corrected chi connectivity index (χ0v) is 13.4. The maximum absolute atomic E-state index is 12.3. The minimum absolute atomic E-state index is 0.0293. The highest BCUT2D eigenvalue weighted by Gasteiger charge is 2.39. The molecule has 0 aromatic heterocycles. The van der Waals surface area contributed by atoms with Crippen molar-refractivity contribution >= 4 is 6.03 Å². The molecular weight excluding hydrogens is 284 g/mol. The molecule has 2 heterocycles. The molecule has 3 atom stereocenters. The minimum atomic E-state index is -0.369. The summed E-state index contributed by atoms with van der Waals surface area (Å²) < 4.78 is 10.9. The molecule has 2 saturated heterocycles. The lowest BCUT2D eigenvalue weighted by Gasteiger charge is -2.36. The molecular formula is C16H28N2O4. The van der Waals surface area contributed by atoms with E-state index < -0.39 is 0 Å². The summed E-state index contributed by atoms with van der Waals surface area (Å²) in [7, 11) is 0. The highest BCUT2D eigenvalue weighted by atomic mass is 16.5. The Kier molecular flexibility index (Phi) is 6.67. The molecule has 6 nitrogen and oxygen atoms in total. The zero-order valence-electron chi connectivity index (χ0n) is 13.4. The van der Waals surface area contributed by atoms with E-state index in [0.717, 1.165) is 25.0 Å². The third kappa shape index (κ3) is 4.69. The number of likely N-dealkylation sites (tertiary alicyclic amines) is 1. The van der Waals surface area contributed by atoms with Gasteiger partial charge in [0, 0.05) is 31.7 Å². The fourth-order valence-electron chi connectivity index (χ4n) is 3.18. The van der Waals surface area contributed by atoms with Gasteiger partial charge in [-0.1, -0.05) is 12.2 Å². The molecule has 0 aliphatic carbocycles. The molecule has 0 bridgehead atoms. The van der Waals surface area contributed by atoms with E-state index in [4.69, 9.17) is 9.47 Å². The Hall–Kier alpha value is -1.11.